The Bertz CT molecular complexity index is 976. The van der Waals surface area contributed by atoms with Crippen molar-refractivity contribution < 1.29 is 19.2 Å². The maximum Gasteiger partial charge on any atom is 0.159 e. The first-order chi connectivity index (χ1) is 16.5. The van der Waals surface area contributed by atoms with Crippen molar-refractivity contribution in [3.8, 4) is 0 Å². The quantitative estimate of drug-likeness (QED) is 0.489. The van der Waals surface area contributed by atoms with Crippen LogP contribution in [0.25, 0.3) is 0 Å². The summed E-state index contributed by atoms with van der Waals surface area (Å²) in [5.74, 6) is 5.53. The molecule has 4 saturated carbocycles. The second kappa shape index (κ2) is 7.83. The lowest BCUT2D eigenvalue weighted by Gasteiger charge is -2.39. The van der Waals surface area contributed by atoms with Gasteiger partial charge in [0.15, 0.2) is 11.6 Å². The molecular weight excluding hydrogens is 424 g/mol. The molecule has 4 heteroatoms. The van der Waals surface area contributed by atoms with Gasteiger partial charge >= 0.3 is 0 Å². The molecule has 8 aliphatic rings. The predicted octanol–water partition coefficient (Wildman–Crippen LogP) is 5.34. The number of fused-ring (bicyclic) bond motifs is 4. The molecule has 0 spiro atoms. The van der Waals surface area contributed by atoms with Gasteiger partial charge in [-0.1, -0.05) is 24.0 Å². The molecule has 4 nitrogen and oxygen atoms in total. The zero-order chi connectivity index (χ0) is 23.1. The van der Waals surface area contributed by atoms with Crippen LogP contribution >= 0.6 is 0 Å². The van der Waals surface area contributed by atoms with Crippen LogP contribution in [-0.2, 0) is 19.2 Å². The molecule has 8 atom stereocenters. The molecule has 0 bridgehead atoms. The minimum atomic E-state index is 0.208. The minimum Gasteiger partial charge on any atom is -0.299 e. The molecule has 0 aromatic rings. The molecule has 180 valence electrons. The molecule has 4 fully saturated rings. The molecule has 0 aromatic carbocycles. The van der Waals surface area contributed by atoms with Gasteiger partial charge in [-0.15, -0.1) is 0 Å². The summed E-state index contributed by atoms with van der Waals surface area (Å²) >= 11 is 0. The van der Waals surface area contributed by atoms with Gasteiger partial charge in [-0.3, -0.25) is 19.2 Å². The van der Waals surface area contributed by atoms with E-state index in [2.05, 4.69) is 0 Å². The van der Waals surface area contributed by atoms with Crippen LogP contribution in [0.2, 0.25) is 0 Å². The number of carbonyl (C=O) groups excluding carboxylic acids is 4. The van der Waals surface area contributed by atoms with Crippen LogP contribution in [0, 0.1) is 47.3 Å². The zero-order valence-electron chi connectivity index (χ0n) is 20.2. The third-order valence-corrected chi connectivity index (χ3v) is 11.2. The maximum absolute atomic E-state index is 12.1. The van der Waals surface area contributed by atoms with Gasteiger partial charge in [0.2, 0.25) is 0 Å². The van der Waals surface area contributed by atoms with Gasteiger partial charge in [-0.25, -0.2) is 0 Å². The number of Topliss-reactive ketones (excluding diaryl/α,β-unsaturated/α-hetero) is 4. The summed E-state index contributed by atoms with van der Waals surface area (Å²) in [4.78, 5) is 48.0. The maximum atomic E-state index is 12.1. The van der Waals surface area contributed by atoms with E-state index < -0.39 is 0 Å². The normalized spacial score (nSPS) is 44.0. The zero-order valence-corrected chi connectivity index (χ0v) is 20.2. The van der Waals surface area contributed by atoms with Crippen LogP contribution in [0.15, 0.2) is 22.3 Å². The molecule has 0 heterocycles. The fourth-order valence-corrected chi connectivity index (χ4v) is 9.93. The molecule has 0 saturated heterocycles. The highest BCUT2D eigenvalue weighted by Crippen LogP contribution is 2.57. The molecule has 0 N–H and O–H groups in total. The monoisotopic (exact) mass is 460 g/mol. The average molecular weight is 461 g/mol. The van der Waals surface area contributed by atoms with Crippen molar-refractivity contribution in [2.45, 2.75) is 89.9 Å². The number of rotatable bonds is 0. The van der Waals surface area contributed by atoms with Crippen LogP contribution in [0.3, 0.4) is 0 Å². The van der Waals surface area contributed by atoms with Crippen molar-refractivity contribution >= 4 is 23.1 Å². The first-order valence-corrected chi connectivity index (χ1v) is 14.1. The van der Waals surface area contributed by atoms with Gasteiger partial charge in [-0.05, 0) is 98.0 Å². The average Bonchev–Trinajstić information content (AvgIpc) is 3.58. The predicted molar refractivity (Wildman–Crippen MR) is 127 cm³/mol. The molecule has 0 radical (unpaired) electrons. The molecule has 0 amide bonds. The van der Waals surface area contributed by atoms with E-state index in [0.717, 1.165) is 62.5 Å². The summed E-state index contributed by atoms with van der Waals surface area (Å²) in [6, 6.07) is 0. The molecule has 34 heavy (non-hydrogen) atoms. The lowest BCUT2D eigenvalue weighted by atomic mass is 9.64. The summed E-state index contributed by atoms with van der Waals surface area (Å²) in [6.07, 6.45) is 14.2. The molecular formula is C30H36O4. The number of hydrogen-bond donors (Lipinski definition) is 0. The minimum absolute atomic E-state index is 0.208. The molecule has 0 aliphatic heterocycles. The second-order valence-electron chi connectivity index (χ2n) is 12.5. The first kappa shape index (κ1) is 21.4. The van der Waals surface area contributed by atoms with Gasteiger partial charge in [-0.2, -0.15) is 0 Å². The van der Waals surface area contributed by atoms with Gasteiger partial charge < -0.3 is 0 Å². The number of carbonyl (C=O) groups is 4. The van der Waals surface area contributed by atoms with E-state index in [4.69, 9.17) is 0 Å². The number of allylic oxidation sites excluding steroid dienone is 4. The van der Waals surface area contributed by atoms with Gasteiger partial charge in [0.25, 0.3) is 0 Å². The van der Waals surface area contributed by atoms with Crippen LogP contribution in [0.4, 0.5) is 0 Å². The van der Waals surface area contributed by atoms with Gasteiger partial charge in [0.1, 0.15) is 11.6 Å². The van der Waals surface area contributed by atoms with E-state index in [0.29, 0.717) is 58.6 Å². The summed E-state index contributed by atoms with van der Waals surface area (Å²) < 4.78 is 0. The van der Waals surface area contributed by atoms with Crippen LogP contribution in [0.1, 0.15) is 89.9 Å². The lowest BCUT2D eigenvalue weighted by Crippen LogP contribution is -2.32. The van der Waals surface area contributed by atoms with Crippen molar-refractivity contribution in [2.75, 3.05) is 0 Å². The smallest absolute Gasteiger partial charge is 0.159 e. The Morgan fingerprint density at radius 2 is 0.912 bits per heavy atom. The van der Waals surface area contributed by atoms with Crippen molar-refractivity contribution in [3.63, 3.8) is 0 Å². The fourth-order valence-electron chi connectivity index (χ4n) is 9.93. The van der Waals surface area contributed by atoms with Crippen LogP contribution in [0.5, 0.6) is 0 Å². The Kier molecular flexibility index (Phi) is 4.94. The topological polar surface area (TPSA) is 68.3 Å². The number of hydrogen-bond acceptors (Lipinski definition) is 4. The lowest BCUT2D eigenvalue weighted by molar-refractivity contribution is -0.122. The summed E-state index contributed by atoms with van der Waals surface area (Å²) in [5.41, 5.74) is 5.21. The molecule has 8 aliphatic carbocycles. The van der Waals surface area contributed by atoms with E-state index in [-0.39, 0.29) is 11.8 Å². The first-order valence-electron chi connectivity index (χ1n) is 14.1. The largest absolute Gasteiger partial charge is 0.299 e. The summed E-state index contributed by atoms with van der Waals surface area (Å²) in [5, 5.41) is 0. The Balaban J connectivity index is 0.000000118. The highest BCUT2D eigenvalue weighted by molar-refractivity contribution is 6.01. The van der Waals surface area contributed by atoms with Gasteiger partial charge in [0.05, 0.1) is 0 Å². The van der Waals surface area contributed by atoms with Gasteiger partial charge in [0, 0.05) is 37.5 Å². The van der Waals surface area contributed by atoms with Crippen molar-refractivity contribution in [2.24, 2.45) is 47.3 Å². The molecule has 8 rings (SSSR count). The molecule has 0 aromatic heterocycles. The standard InChI is InChI=1S/2C15H18O2/c2*16-13-5-4-9-10-3-1-2-8-6-14(17)12(15(8)10)7-11(9)13/h2*8-11H,1-7H2/t2*8-,9-,10+,11-/m11/s1. The van der Waals surface area contributed by atoms with Crippen LogP contribution in [-0.4, -0.2) is 23.1 Å². The van der Waals surface area contributed by atoms with E-state index in [1.165, 1.54) is 49.7 Å². The SMILES string of the molecule is O=C1C[C@H]2CCC[C@@H]3C2=C1C[C@H]1C(=O)CC[C@H]31.O=C1C[C@H]2CCC[C@@H]3C2=C1C[C@H]1C(=O)CC[C@H]31. The molecule has 0 unspecified atom stereocenters. The Morgan fingerprint density at radius 1 is 0.471 bits per heavy atom. The van der Waals surface area contributed by atoms with E-state index in [1.54, 1.807) is 0 Å². The Labute approximate surface area is 202 Å². The number of ketones is 4. The highest BCUT2D eigenvalue weighted by Gasteiger charge is 2.52. The summed E-state index contributed by atoms with van der Waals surface area (Å²) in [6.45, 7) is 0. The Morgan fingerprint density at radius 3 is 1.35 bits per heavy atom. The van der Waals surface area contributed by atoms with E-state index in [1.807, 2.05) is 0 Å². The van der Waals surface area contributed by atoms with E-state index in [9.17, 15) is 19.2 Å². The van der Waals surface area contributed by atoms with Crippen LogP contribution < -0.4 is 0 Å². The third-order valence-electron chi connectivity index (χ3n) is 11.2. The second-order valence-corrected chi connectivity index (χ2v) is 12.5. The Hall–Kier alpha value is -1.84. The fraction of sp³-hybridized carbons (Fsp3) is 0.733. The van der Waals surface area contributed by atoms with Crippen molar-refractivity contribution in [3.05, 3.63) is 22.3 Å². The highest BCUT2D eigenvalue weighted by atomic mass is 16.1. The van der Waals surface area contributed by atoms with Crippen molar-refractivity contribution in [1.82, 2.24) is 0 Å². The van der Waals surface area contributed by atoms with E-state index >= 15 is 0 Å². The third kappa shape index (κ3) is 3.02. The summed E-state index contributed by atoms with van der Waals surface area (Å²) in [7, 11) is 0. The van der Waals surface area contributed by atoms with Crippen molar-refractivity contribution in [1.29, 1.82) is 0 Å².